The highest BCUT2D eigenvalue weighted by molar-refractivity contribution is 5.17. The molecule has 0 saturated carbocycles. The molecule has 0 radical (unpaired) electrons. The molecule has 3 N–H and O–H groups in total. The van der Waals surface area contributed by atoms with Gasteiger partial charge in [-0.25, -0.2) is 0 Å². The molecule has 1 unspecified atom stereocenters. The van der Waals surface area contributed by atoms with Crippen molar-refractivity contribution in [2.24, 2.45) is 5.73 Å². The third-order valence-electron chi connectivity index (χ3n) is 1.85. The summed E-state index contributed by atoms with van der Waals surface area (Å²) in [7, 11) is 0. The van der Waals surface area contributed by atoms with Crippen LogP contribution in [-0.2, 0) is 6.42 Å². The molecule has 0 aromatic carbocycles. The molecule has 2 aromatic heterocycles. The fourth-order valence-corrected chi connectivity index (χ4v) is 1.07. The first kappa shape index (κ1) is 10.6. The molecule has 0 amide bonds. The first-order valence-electron chi connectivity index (χ1n) is 4.84. The summed E-state index contributed by atoms with van der Waals surface area (Å²) in [5.74, 6) is 0.958. The van der Waals surface area contributed by atoms with Gasteiger partial charge in [0, 0.05) is 13.0 Å². The second-order valence-electron chi connectivity index (χ2n) is 3.25. The summed E-state index contributed by atoms with van der Waals surface area (Å²) in [6, 6.07) is 0.0748. The van der Waals surface area contributed by atoms with Gasteiger partial charge in [0.1, 0.15) is 0 Å². The van der Waals surface area contributed by atoms with Gasteiger partial charge in [-0.3, -0.25) is 0 Å². The third kappa shape index (κ3) is 2.54. The lowest BCUT2D eigenvalue weighted by Crippen LogP contribution is -2.05. The van der Waals surface area contributed by atoms with E-state index in [2.05, 4.69) is 25.7 Å². The van der Waals surface area contributed by atoms with E-state index in [1.165, 1.54) is 6.33 Å². The van der Waals surface area contributed by atoms with Crippen LogP contribution < -0.4 is 11.1 Å². The smallest absolute Gasteiger partial charge is 0.315 e. The molecule has 0 fully saturated rings. The number of hydrogen-bond donors (Lipinski definition) is 2. The molecule has 0 spiro atoms. The SMILES string of the molecule is CC(N)c1nnc(NCCc2ncno2)o1. The maximum atomic E-state index is 5.58. The van der Waals surface area contributed by atoms with Crippen molar-refractivity contribution in [2.45, 2.75) is 19.4 Å². The molecule has 2 heterocycles. The average Bonchev–Trinajstić information content (AvgIpc) is 2.87. The Morgan fingerprint density at radius 2 is 2.38 bits per heavy atom. The van der Waals surface area contributed by atoms with Crippen molar-refractivity contribution < 1.29 is 8.94 Å². The summed E-state index contributed by atoms with van der Waals surface area (Å²) in [6.45, 7) is 2.35. The van der Waals surface area contributed by atoms with Crippen LogP contribution in [0.1, 0.15) is 24.7 Å². The Labute approximate surface area is 91.2 Å². The fourth-order valence-electron chi connectivity index (χ4n) is 1.07. The molecule has 0 aliphatic rings. The molecule has 8 heteroatoms. The highest BCUT2D eigenvalue weighted by atomic mass is 16.5. The number of nitrogens with zero attached hydrogens (tertiary/aromatic N) is 4. The van der Waals surface area contributed by atoms with E-state index in [9.17, 15) is 0 Å². The van der Waals surface area contributed by atoms with Crippen molar-refractivity contribution >= 4 is 6.01 Å². The van der Waals surface area contributed by atoms with E-state index in [1.807, 2.05) is 0 Å². The molecule has 8 nitrogen and oxygen atoms in total. The molecule has 1 atom stereocenters. The predicted octanol–water partition coefficient (Wildman–Crippen LogP) is 0.127. The summed E-state index contributed by atoms with van der Waals surface area (Å²) >= 11 is 0. The van der Waals surface area contributed by atoms with Crippen LogP contribution in [-0.4, -0.2) is 26.9 Å². The van der Waals surface area contributed by atoms with Crippen LogP contribution in [0.4, 0.5) is 6.01 Å². The Balaban J connectivity index is 1.81. The minimum absolute atomic E-state index is 0.265. The van der Waals surface area contributed by atoms with Gasteiger partial charge in [-0.05, 0) is 6.92 Å². The summed E-state index contributed by atoms with van der Waals surface area (Å²) < 4.78 is 10.1. The molecule has 86 valence electrons. The van der Waals surface area contributed by atoms with E-state index in [0.717, 1.165) is 0 Å². The Kier molecular flexibility index (Phi) is 3.10. The lowest BCUT2D eigenvalue weighted by atomic mass is 10.4. The van der Waals surface area contributed by atoms with Gasteiger partial charge in [0.25, 0.3) is 0 Å². The van der Waals surface area contributed by atoms with Gasteiger partial charge in [-0.15, -0.1) is 5.10 Å². The number of hydrogen-bond acceptors (Lipinski definition) is 8. The van der Waals surface area contributed by atoms with E-state index in [4.69, 9.17) is 14.7 Å². The molecule has 16 heavy (non-hydrogen) atoms. The second kappa shape index (κ2) is 4.71. The first-order chi connectivity index (χ1) is 7.75. The first-order valence-corrected chi connectivity index (χ1v) is 4.84. The van der Waals surface area contributed by atoms with Crippen molar-refractivity contribution in [1.29, 1.82) is 0 Å². The van der Waals surface area contributed by atoms with Crippen LogP contribution in [0.5, 0.6) is 0 Å². The molecular formula is C8H12N6O2. The second-order valence-corrected chi connectivity index (χ2v) is 3.25. The zero-order valence-corrected chi connectivity index (χ0v) is 8.75. The summed E-state index contributed by atoms with van der Waals surface area (Å²) in [5.41, 5.74) is 5.58. The summed E-state index contributed by atoms with van der Waals surface area (Å²) in [4.78, 5) is 3.88. The van der Waals surface area contributed by atoms with Gasteiger partial charge in [0.05, 0.1) is 6.04 Å². The topological polar surface area (TPSA) is 116 Å². The fraction of sp³-hybridized carbons (Fsp3) is 0.500. The number of rotatable bonds is 5. The largest absolute Gasteiger partial charge is 0.406 e. The van der Waals surface area contributed by atoms with Gasteiger partial charge in [0.15, 0.2) is 6.33 Å². The van der Waals surface area contributed by atoms with Crippen LogP contribution in [0.25, 0.3) is 0 Å². The normalized spacial score (nSPS) is 12.6. The van der Waals surface area contributed by atoms with Crippen LogP contribution in [0.3, 0.4) is 0 Å². The lowest BCUT2D eigenvalue weighted by molar-refractivity contribution is 0.379. The molecular weight excluding hydrogens is 212 g/mol. The van der Waals surface area contributed by atoms with Crippen LogP contribution >= 0.6 is 0 Å². The Morgan fingerprint density at radius 1 is 1.50 bits per heavy atom. The van der Waals surface area contributed by atoms with Crippen molar-refractivity contribution in [3.8, 4) is 0 Å². The Morgan fingerprint density at radius 3 is 3.00 bits per heavy atom. The molecule has 2 rings (SSSR count). The maximum absolute atomic E-state index is 5.58. The van der Waals surface area contributed by atoms with E-state index < -0.39 is 0 Å². The van der Waals surface area contributed by atoms with Gasteiger partial charge >= 0.3 is 6.01 Å². The maximum Gasteiger partial charge on any atom is 0.315 e. The van der Waals surface area contributed by atoms with Crippen molar-refractivity contribution in [3.63, 3.8) is 0 Å². The Bertz CT molecular complexity index is 423. The molecule has 0 aliphatic carbocycles. The van der Waals surface area contributed by atoms with Gasteiger partial charge < -0.3 is 20.0 Å². The zero-order valence-electron chi connectivity index (χ0n) is 8.75. The zero-order chi connectivity index (χ0) is 11.4. The molecule has 2 aromatic rings. The molecule has 0 aliphatic heterocycles. The number of aromatic nitrogens is 4. The van der Waals surface area contributed by atoms with Gasteiger partial charge in [0.2, 0.25) is 11.8 Å². The highest BCUT2D eigenvalue weighted by Gasteiger charge is 2.09. The van der Waals surface area contributed by atoms with Crippen molar-refractivity contribution in [3.05, 3.63) is 18.1 Å². The van der Waals surface area contributed by atoms with Crippen LogP contribution in [0, 0.1) is 0 Å². The van der Waals surface area contributed by atoms with Crippen LogP contribution in [0.15, 0.2) is 15.3 Å². The predicted molar refractivity (Wildman–Crippen MR) is 53.4 cm³/mol. The van der Waals surface area contributed by atoms with Gasteiger partial charge in [-0.1, -0.05) is 10.3 Å². The van der Waals surface area contributed by atoms with E-state index in [0.29, 0.717) is 30.8 Å². The summed E-state index contributed by atoms with van der Waals surface area (Å²) in [6.07, 6.45) is 1.95. The lowest BCUT2D eigenvalue weighted by Gasteiger charge is -1.98. The minimum atomic E-state index is -0.265. The number of nitrogens with one attached hydrogen (secondary N) is 1. The van der Waals surface area contributed by atoms with Crippen molar-refractivity contribution in [1.82, 2.24) is 20.3 Å². The standard InChI is InChI=1S/C8H12N6O2/c1-5(9)7-13-14-8(15-7)10-3-2-6-11-4-12-16-6/h4-5H,2-3,9H2,1H3,(H,10,14). The van der Waals surface area contributed by atoms with E-state index >= 15 is 0 Å². The number of nitrogens with two attached hydrogens (primary N) is 1. The van der Waals surface area contributed by atoms with Crippen molar-refractivity contribution in [2.75, 3.05) is 11.9 Å². The highest BCUT2D eigenvalue weighted by Crippen LogP contribution is 2.10. The minimum Gasteiger partial charge on any atom is -0.406 e. The third-order valence-corrected chi connectivity index (χ3v) is 1.85. The Hall–Kier alpha value is -1.96. The average molecular weight is 224 g/mol. The number of anilines is 1. The monoisotopic (exact) mass is 224 g/mol. The van der Waals surface area contributed by atoms with Gasteiger partial charge in [-0.2, -0.15) is 4.98 Å². The van der Waals surface area contributed by atoms with E-state index in [-0.39, 0.29) is 6.04 Å². The molecule has 0 bridgehead atoms. The van der Waals surface area contributed by atoms with E-state index in [1.54, 1.807) is 6.92 Å². The quantitative estimate of drug-likeness (QED) is 0.735. The summed E-state index contributed by atoms with van der Waals surface area (Å²) in [5, 5.41) is 14.0. The molecule has 0 saturated heterocycles. The van der Waals surface area contributed by atoms with Crippen LogP contribution in [0.2, 0.25) is 0 Å².